The van der Waals surface area contributed by atoms with E-state index in [4.69, 9.17) is 11.0 Å². The lowest BCUT2D eigenvalue weighted by Crippen LogP contribution is -1.98. The van der Waals surface area contributed by atoms with Gasteiger partial charge < -0.3 is 11.1 Å². The Morgan fingerprint density at radius 2 is 2.38 bits per heavy atom. The number of nitrogens with two attached hydrogens (primary N) is 1. The molecule has 3 nitrogen and oxygen atoms in total. The van der Waals surface area contributed by atoms with Crippen molar-refractivity contribution < 1.29 is 0 Å². The Morgan fingerprint density at radius 3 is 3.08 bits per heavy atom. The van der Waals surface area contributed by atoms with E-state index >= 15 is 0 Å². The van der Waals surface area contributed by atoms with Crippen molar-refractivity contribution in [3.63, 3.8) is 0 Å². The SMILES string of the molecule is Cc1ccc(N)c2c1C(C#N)CN2. The van der Waals surface area contributed by atoms with E-state index < -0.39 is 0 Å². The van der Waals surface area contributed by atoms with E-state index in [1.54, 1.807) is 0 Å². The van der Waals surface area contributed by atoms with Crippen molar-refractivity contribution in [1.82, 2.24) is 0 Å². The number of rotatable bonds is 0. The smallest absolute Gasteiger partial charge is 0.0908 e. The van der Waals surface area contributed by atoms with Crippen molar-refractivity contribution >= 4 is 11.4 Å². The summed E-state index contributed by atoms with van der Waals surface area (Å²) in [6, 6.07) is 6.11. The number of fused-ring (bicyclic) bond motifs is 1. The number of benzene rings is 1. The number of hydrogen-bond acceptors (Lipinski definition) is 3. The Morgan fingerprint density at radius 1 is 1.62 bits per heavy atom. The van der Waals surface area contributed by atoms with E-state index in [1.807, 2.05) is 19.1 Å². The van der Waals surface area contributed by atoms with Gasteiger partial charge in [0.2, 0.25) is 0 Å². The molecule has 0 saturated heterocycles. The van der Waals surface area contributed by atoms with Crippen LogP contribution in [0.25, 0.3) is 0 Å². The number of nitrogen functional groups attached to an aromatic ring is 1. The minimum atomic E-state index is -0.0431. The fraction of sp³-hybridized carbons (Fsp3) is 0.300. The van der Waals surface area contributed by atoms with E-state index in [2.05, 4.69) is 11.4 Å². The highest BCUT2D eigenvalue weighted by Gasteiger charge is 2.25. The molecule has 0 saturated carbocycles. The van der Waals surface area contributed by atoms with Crippen LogP contribution in [-0.4, -0.2) is 6.54 Å². The molecule has 0 amide bonds. The van der Waals surface area contributed by atoms with Gasteiger partial charge in [-0.15, -0.1) is 0 Å². The number of aryl methyl sites for hydroxylation is 1. The highest BCUT2D eigenvalue weighted by molar-refractivity contribution is 5.76. The molecule has 2 rings (SSSR count). The molecule has 1 aliphatic heterocycles. The monoisotopic (exact) mass is 173 g/mol. The summed E-state index contributed by atoms with van der Waals surface area (Å²) in [4.78, 5) is 0. The molecule has 0 aliphatic carbocycles. The molecule has 1 heterocycles. The van der Waals surface area contributed by atoms with Gasteiger partial charge in [0.05, 0.1) is 23.4 Å². The van der Waals surface area contributed by atoms with Crippen molar-refractivity contribution in [2.75, 3.05) is 17.6 Å². The molecule has 0 aromatic heterocycles. The minimum absolute atomic E-state index is 0.0431. The summed E-state index contributed by atoms with van der Waals surface area (Å²) < 4.78 is 0. The normalized spacial score (nSPS) is 18.9. The Labute approximate surface area is 77.2 Å². The molecule has 66 valence electrons. The van der Waals surface area contributed by atoms with E-state index in [1.165, 1.54) is 0 Å². The largest absolute Gasteiger partial charge is 0.397 e. The van der Waals surface area contributed by atoms with Gasteiger partial charge in [0.1, 0.15) is 0 Å². The summed E-state index contributed by atoms with van der Waals surface area (Å²) in [7, 11) is 0. The fourth-order valence-electron chi connectivity index (χ4n) is 1.80. The van der Waals surface area contributed by atoms with Crippen LogP contribution >= 0.6 is 0 Å². The Kier molecular flexibility index (Phi) is 1.63. The van der Waals surface area contributed by atoms with Crippen molar-refractivity contribution in [2.45, 2.75) is 12.8 Å². The van der Waals surface area contributed by atoms with Crippen molar-refractivity contribution in [3.8, 4) is 6.07 Å². The molecule has 0 radical (unpaired) electrons. The van der Waals surface area contributed by atoms with Crippen LogP contribution in [0.5, 0.6) is 0 Å². The quantitative estimate of drug-likeness (QED) is 0.586. The standard InChI is InChI=1S/C10H11N3/c1-6-2-3-8(12)10-9(6)7(4-11)5-13-10/h2-3,7,13H,5,12H2,1H3. The third kappa shape index (κ3) is 1.03. The zero-order valence-corrected chi connectivity index (χ0v) is 7.46. The van der Waals surface area contributed by atoms with Gasteiger partial charge in [0.25, 0.3) is 0 Å². The topological polar surface area (TPSA) is 61.8 Å². The summed E-state index contributed by atoms with van der Waals surface area (Å²) in [5.41, 5.74) is 9.68. The summed E-state index contributed by atoms with van der Waals surface area (Å²) in [6.07, 6.45) is 0. The maximum absolute atomic E-state index is 8.90. The summed E-state index contributed by atoms with van der Waals surface area (Å²) in [5.74, 6) is -0.0431. The van der Waals surface area contributed by atoms with Crippen LogP contribution in [0, 0.1) is 18.3 Å². The Balaban J connectivity index is 2.63. The molecule has 3 N–H and O–H groups in total. The maximum Gasteiger partial charge on any atom is 0.0908 e. The lowest BCUT2D eigenvalue weighted by atomic mass is 9.97. The molecule has 1 unspecified atom stereocenters. The molecular weight excluding hydrogens is 162 g/mol. The third-order valence-electron chi connectivity index (χ3n) is 2.48. The van der Waals surface area contributed by atoms with Gasteiger partial charge in [-0.2, -0.15) is 5.26 Å². The lowest BCUT2D eigenvalue weighted by Gasteiger charge is -2.07. The number of nitrogens with zero attached hydrogens (tertiary/aromatic N) is 1. The van der Waals surface area contributed by atoms with Gasteiger partial charge in [0, 0.05) is 6.54 Å². The van der Waals surface area contributed by atoms with Gasteiger partial charge >= 0.3 is 0 Å². The molecule has 13 heavy (non-hydrogen) atoms. The van der Waals surface area contributed by atoms with Gasteiger partial charge in [-0.25, -0.2) is 0 Å². The molecule has 1 aromatic carbocycles. The second-order valence-corrected chi connectivity index (χ2v) is 3.32. The molecular formula is C10H11N3. The Hall–Kier alpha value is -1.69. The molecule has 3 heteroatoms. The minimum Gasteiger partial charge on any atom is -0.397 e. The van der Waals surface area contributed by atoms with Crippen LogP contribution < -0.4 is 11.1 Å². The predicted molar refractivity (Wildman–Crippen MR) is 52.4 cm³/mol. The second-order valence-electron chi connectivity index (χ2n) is 3.32. The first kappa shape index (κ1) is 7.93. The van der Waals surface area contributed by atoms with Crippen LogP contribution in [0.1, 0.15) is 17.0 Å². The highest BCUT2D eigenvalue weighted by Crippen LogP contribution is 2.37. The molecule has 0 fully saturated rings. The van der Waals surface area contributed by atoms with E-state index in [-0.39, 0.29) is 5.92 Å². The van der Waals surface area contributed by atoms with Crippen molar-refractivity contribution in [2.24, 2.45) is 0 Å². The van der Waals surface area contributed by atoms with Gasteiger partial charge in [0.15, 0.2) is 0 Å². The summed E-state index contributed by atoms with van der Waals surface area (Å²) in [5, 5.41) is 12.1. The number of nitrogens with one attached hydrogen (secondary N) is 1. The van der Waals surface area contributed by atoms with Crippen LogP contribution in [-0.2, 0) is 0 Å². The van der Waals surface area contributed by atoms with Crippen LogP contribution in [0.3, 0.4) is 0 Å². The van der Waals surface area contributed by atoms with Crippen LogP contribution in [0.15, 0.2) is 12.1 Å². The molecule has 0 bridgehead atoms. The average Bonchev–Trinajstić information content (AvgIpc) is 2.56. The summed E-state index contributed by atoms with van der Waals surface area (Å²) >= 11 is 0. The first-order valence-electron chi connectivity index (χ1n) is 4.26. The van der Waals surface area contributed by atoms with E-state index in [9.17, 15) is 0 Å². The Bertz CT molecular complexity index is 390. The van der Waals surface area contributed by atoms with Crippen molar-refractivity contribution in [1.29, 1.82) is 5.26 Å². The highest BCUT2D eigenvalue weighted by atomic mass is 14.9. The maximum atomic E-state index is 8.90. The van der Waals surface area contributed by atoms with Crippen LogP contribution in [0.2, 0.25) is 0 Å². The molecule has 1 aromatic rings. The fourth-order valence-corrected chi connectivity index (χ4v) is 1.80. The number of nitriles is 1. The van der Waals surface area contributed by atoms with Gasteiger partial charge in [-0.05, 0) is 24.1 Å². The number of anilines is 2. The first-order valence-corrected chi connectivity index (χ1v) is 4.26. The van der Waals surface area contributed by atoms with Gasteiger partial charge in [-0.1, -0.05) is 6.07 Å². The molecule has 1 aliphatic rings. The second kappa shape index (κ2) is 2.67. The molecule has 1 atom stereocenters. The van der Waals surface area contributed by atoms with Crippen molar-refractivity contribution in [3.05, 3.63) is 23.3 Å². The van der Waals surface area contributed by atoms with E-state index in [0.717, 1.165) is 22.5 Å². The first-order chi connectivity index (χ1) is 6.24. The predicted octanol–water partition coefficient (Wildman–Crippen LogP) is 1.61. The third-order valence-corrected chi connectivity index (χ3v) is 2.48. The summed E-state index contributed by atoms with van der Waals surface area (Å²) in [6.45, 7) is 2.69. The van der Waals surface area contributed by atoms with E-state index in [0.29, 0.717) is 6.54 Å². The average molecular weight is 173 g/mol. The van der Waals surface area contributed by atoms with Crippen LogP contribution in [0.4, 0.5) is 11.4 Å². The lowest BCUT2D eigenvalue weighted by molar-refractivity contribution is 0.953. The zero-order chi connectivity index (χ0) is 9.42. The molecule has 0 spiro atoms. The zero-order valence-electron chi connectivity index (χ0n) is 7.46. The number of hydrogen-bond donors (Lipinski definition) is 2. The van der Waals surface area contributed by atoms with Gasteiger partial charge in [-0.3, -0.25) is 0 Å².